The molecule has 2 heterocycles. The van der Waals surface area contributed by atoms with Gasteiger partial charge in [0.05, 0.1) is 17.1 Å². The van der Waals surface area contributed by atoms with Crippen LogP contribution in [0.25, 0.3) is 0 Å². The number of hydrogen-bond donors (Lipinski definition) is 1. The Morgan fingerprint density at radius 2 is 2.04 bits per heavy atom. The lowest BCUT2D eigenvalue weighted by Gasteiger charge is -2.58. The highest BCUT2D eigenvalue weighted by Crippen LogP contribution is 2.40. The topological polar surface area (TPSA) is 41.6 Å². The molecule has 5 heteroatoms. The Morgan fingerprint density at radius 1 is 1.33 bits per heavy atom. The molecule has 0 bridgehead atoms. The number of nitrogens with zero attached hydrogens (tertiary/aromatic N) is 1. The molecule has 0 aromatic heterocycles. The summed E-state index contributed by atoms with van der Waals surface area (Å²) in [7, 11) is -1.11. The van der Waals surface area contributed by atoms with Crippen molar-refractivity contribution in [2.45, 2.75) is 69.6 Å². The standard InChI is InChI=1S/C19H28N2O2S/c1-15-17(19(20-15)12-8-9-13-23-19)21(24(22)18(2,3)4)14-16-10-6-5-7-11-16/h5-7,9-11,13,15,17,20H,8,12,14H2,1-4H3/t15?,17-,19-,24-/m0/s1. The largest absolute Gasteiger partial charge is 0.479 e. The summed E-state index contributed by atoms with van der Waals surface area (Å²) >= 11 is 0. The van der Waals surface area contributed by atoms with Crippen molar-refractivity contribution < 1.29 is 8.95 Å². The van der Waals surface area contributed by atoms with Gasteiger partial charge in [-0.2, -0.15) is 0 Å². The Balaban J connectivity index is 1.91. The zero-order valence-electron chi connectivity index (χ0n) is 15.0. The molecule has 1 spiro atoms. The van der Waals surface area contributed by atoms with Gasteiger partial charge in [0.25, 0.3) is 0 Å². The molecule has 0 aliphatic carbocycles. The third kappa shape index (κ3) is 3.30. The maximum absolute atomic E-state index is 13.3. The normalized spacial score (nSPS) is 30.9. The zero-order chi connectivity index (χ0) is 17.4. The van der Waals surface area contributed by atoms with E-state index >= 15 is 0 Å². The minimum Gasteiger partial charge on any atom is -0.479 e. The first-order chi connectivity index (χ1) is 11.3. The minimum atomic E-state index is -1.11. The summed E-state index contributed by atoms with van der Waals surface area (Å²) in [6, 6.07) is 10.6. The van der Waals surface area contributed by atoms with Gasteiger partial charge in [-0.05, 0) is 45.8 Å². The molecule has 1 aromatic rings. The molecule has 0 amide bonds. The SMILES string of the molecule is CC1N[C@]2(CCC=CO2)[C@H]1N(Cc1ccccc1)[S@@](=O)C(C)(C)C. The van der Waals surface area contributed by atoms with Gasteiger partial charge in [-0.1, -0.05) is 30.3 Å². The van der Waals surface area contributed by atoms with Crippen molar-refractivity contribution in [3.05, 3.63) is 48.2 Å². The van der Waals surface area contributed by atoms with Gasteiger partial charge in [0.2, 0.25) is 0 Å². The molecule has 0 radical (unpaired) electrons. The molecular weight excluding hydrogens is 320 g/mol. The fourth-order valence-corrected chi connectivity index (χ4v) is 5.16. The summed E-state index contributed by atoms with van der Waals surface area (Å²) in [6.07, 6.45) is 5.73. The van der Waals surface area contributed by atoms with E-state index in [9.17, 15) is 4.21 Å². The molecule has 1 saturated heterocycles. The van der Waals surface area contributed by atoms with E-state index in [0.29, 0.717) is 6.54 Å². The average Bonchev–Trinajstić information content (AvgIpc) is 2.54. The second kappa shape index (κ2) is 6.62. The third-order valence-corrected chi connectivity index (χ3v) is 6.54. The molecule has 1 unspecified atom stereocenters. The van der Waals surface area contributed by atoms with Gasteiger partial charge < -0.3 is 4.74 Å². The molecule has 1 N–H and O–H groups in total. The number of ether oxygens (including phenoxy) is 1. The van der Waals surface area contributed by atoms with Crippen LogP contribution in [0.15, 0.2) is 42.7 Å². The van der Waals surface area contributed by atoms with Gasteiger partial charge in [0.1, 0.15) is 11.0 Å². The van der Waals surface area contributed by atoms with Crippen LogP contribution in [0.4, 0.5) is 0 Å². The van der Waals surface area contributed by atoms with Crippen LogP contribution in [0.2, 0.25) is 0 Å². The summed E-state index contributed by atoms with van der Waals surface area (Å²) in [5.41, 5.74) is 0.764. The van der Waals surface area contributed by atoms with E-state index in [0.717, 1.165) is 12.8 Å². The van der Waals surface area contributed by atoms with E-state index in [-0.39, 0.29) is 16.8 Å². The zero-order valence-corrected chi connectivity index (χ0v) is 15.8. The first-order valence-corrected chi connectivity index (χ1v) is 9.77. The number of rotatable bonds is 4. The van der Waals surface area contributed by atoms with Gasteiger partial charge in [-0.15, -0.1) is 0 Å². The van der Waals surface area contributed by atoms with E-state index in [2.05, 4.69) is 34.8 Å². The highest BCUT2D eigenvalue weighted by atomic mass is 32.2. The van der Waals surface area contributed by atoms with Crippen LogP contribution in [0.5, 0.6) is 0 Å². The Kier molecular flexibility index (Phi) is 4.87. The highest BCUT2D eigenvalue weighted by molar-refractivity contribution is 7.84. The van der Waals surface area contributed by atoms with Crippen molar-refractivity contribution in [3.8, 4) is 0 Å². The van der Waals surface area contributed by atoms with Gasteiger partial charge in [-0.3, -0.25) is 5.32 Å². The molecule has 4 atom stereocenters. The minimum absolute atomic E-state index is 0.0858. The van der Waals surface area contributed by atoms with Crippen molar-refractivity contribution in [3.63, 3.8) is 0 Å². The monoisotopic (exact) mass is 348 g/mol. The second-order valence-corrected chi connectivity index (χ2v) is 9.91. The van der Waals surface area contributed by atoms with Crippen LogP contribution in [0.3, 0.4) is 0 Å². The van der Waals surface area contributed by atoms with Crippen molar-refractivity contribution in [2.24, 2.45) is 0 Å². The first-order valence-electron chi connectivity index (χ1n) is 8.67. The molecule has 2 aliphatic rings. The first kappa shape index (κ1) is 17.6. The van der Waals surface area contributed by atoms with Gasteiger partial charge in [-0.25, -0.2) is 8.51 Å². The molecule has 0 saturated carbocycles. The molecule has 1 fully saturated rings. The van der Waals surface area contributed by atoms with Crippen LogP contribution in [0, 0.1) is 0 Å². The van der Waals surface area contributed by atoms with E-state index < -0.39 is 16.7 Å². The molecular formula is C19H28N2O2S. The van der Waals surface area contributed by atoms with Crippen molar-refractivity contribution in [2.75, 3.05) is 0 Å². The van der Waals surface area contributed by atoms with Crippen LogP contribution in [-0.2, 0) is 22.3 Å². The second-order valence-electron chi connectivity index (χ2n) is 7.72. The predicted octanol–water partition coefficient (Wildman–Crippen LogP) is 3.33. The van der Waals surface area contributed by atoms with Crippen LogP contribution < -0.4 is 5.32 Å². The molecule has 3 rings (SSSR count). The summed E-state index contributed by atoms with van der Waals surface area (Å²) in [5.74, 6) is 0. The molecule has 1 aromatic carbocycles. The summed E-state index contributed by atoms with van der Waals surface area (Å²) in [6.45, 7) is 8.91. The smallest absolute Gasteiger partial charge is 0.178 e. The van der Waals surface area contributed by atoms with Crippen molar-refractivity contribution in [1.82, 2.24) is 9.62 Å². The summed E-state index contributed by atoms with van der Waals surface area (Å²) < 4.78 is 21.1. The van der Waals surface area contributed by atoms with Gasteiger partial charge >= 0.3 is 0 Å². The third-order valence-electron chi connectivity index (χ3n) is 4.71. The number of nitrogens with one attached hydrogen (secondary N) is 1. The Labute approximate surface area is 147 Å². The Hall–Kier alpha value is -1.17. The quantitative estimate of drug-likeness (QED) is 0.907. The maximum atomic E-state index is 13.3. The predicted molar refractivity (Wildman–Crippen MR) is 98.5 cm³/mol. The summed E-state index contributed by atoms with van der Waals surface area (Å²) in [5, 5.41) is 3.53. The van der Waals surface area contributed by atoms with Gasteiger partial charge in [0.15, 0.2) is 5.72 Å². The van der Waals surface area contributed by atoms with Crippen molar-refractivity contribution in [1.29, 1.82) is 0 Å². The number of hydrogen-bond acceptors (Lipinski definition) is 3. The van der Waals surface area contributed by atoms with Crippen molar-refractivity contribution >= 4 is 11.0 Å². The molecule has 4 nitrogen and oxygen atoms in total. The molecule has 132 valence electrons. The van der Waals surface area contributed by atoms with E-state index in [1.165, 1.54) is 5.56 Å². The van der Waals surface area contributed by atoms with Gasteiger partial charge in [0, 0.05) is 19.0 Å². The van der Waals surface area contributed by atoms with E-state index in [1.54, 1.807) is 6.26 Å². The Bertz CT molecular complexity index is 626. The Morgan fingerprint density at radius 3 is 2.58 bits per heavy atom. The highest BCUT2D eigenvalue weighted by Gasteiger charge is 2.58. The van der Waals surface area contributed by atoms with E-state index in [4.69, 9.17) is 4.74 Å². The molecule has 24 heavy (non-hydrogen) atoms. The fraction of sp³-hybridized carbons (Fsp3) is 0.579. The van der Waals surface area contributed by atoms with Crippen LogP contribution in [-0.4, -0.2) is 31.1 Å². The van der Waals surface area contributed by atoms with Crippen LogP contribution in [0.1, 0.15) is 46.1 Å². The fourth-order valence-electron chi connectivity index (χ4n) is 3.63. The lowest BCUT2D eigenvalue weighted by atomic mass is 9.82. The van der Waals surface area contributed by atoms with E-state index in [1.807, 2.05) is 39.0 Å². The lowest BCUT2D eigenvalue weighted by molar-refractivity contribution is -0.155. The average molecular weight is 349 g/mol. The maximum Gasteiger partial charge on any atom is 0.178 e. The number of allylic oxidation sites excluding steroid dienone is 1. The summed E-state index contributed by atoms with van der Waals surface area (Å²) in [4.78, 5) is 0. The lowest BCUT2D eigenvalue weighted by Crippen LogP contribution is -2.80. The van der Waals surface area contributed by atoms with Crippen LogP contribution >= 0.6 is 0 Å². The number of benzene rings is 1. The molecule has 2 aliphatic heterocycles.